The number of amides is 1. The van der Waals surface area contributed by atoms with Crippen LogP contribution in [0.15, 0.2) is 66.0 Å². The minimum absolute atomic E-state index is 0.0804. The summed E-state index contributed by atoms with van der Waals surface area (Å²) in [5, 5.41) is 17.6. The van der Waals surface area contributed by atoms with Crippen molar-refractivity contribution in [1.82, 2.24) is 5.32 Å². The summed E-state index contributed by atoms with van der Waals surface area (Å²) in [6, 6.07) is 21.3. The van der Waals surface area contributed by atoms with Gasteiger partial charge in [0, 0.05) is 4.88 Å². The second-order valence-electron chi connectivity index (χ2n) is 7.30. The highest BCUT2D eigenvalue weighted by Crippen LogP contribution is 2.28. The normalized spacial score (nSPS) is 12.9. The zero-order valence-corrected chi connectivity index (χ0v) is 17.7. The monoisotopic (exact) mass is 403 g/mol. The number of carbonyl (C=O) groups excluding carboxylic acids is 1. The highest BCUT2D eigenvalue weighted by atomic mass is 32.1. The number of hydrogen-bond donors (Lipinski definition) is 2. The molecule has 5 heteroatoms. The van der Waals surface area contributed by atoms with Crippen molar-refractivity contribution >= 4 is 22.9 Å². The van der Waals surface area contributed by atoms with E-state index >= 15 is 0 Å². The largest absolute Gasteiger partial charge is 0.324 e. The van der Waals surface area contributed by atoms with Crippen molar-refractivity contribution in [3.05, 3.63) is 87.6 Å². The van der Waals surface area contributed by atoms with Crippen LogP contribution in [0.1, 0.15) is 54.3 Å². The number of anilines is 1. The number of thiophene rings is 1. The van der Waals surface area contributed by atoms with Crippen LogP contribution in [-0.4, -0.2) is 11.9 Å². The molecule has 1 amide bonds. The first-order valence-electron chi connectivity index (χ1n) is 9.69. The third-order valence-electron chi connectivity index (χ3n) is 4.88. The second-order valence-corrected chi connectivity index (χ2v) is 8.28. The van der Waals surface area contributed by atoms with Gasteiger partial charge >= 0.3 is 0 Å². The number of para-hydroxylation sites is 1. The van der Waals surface area contributed by atoms with Gasteiger partial charge in [0.05, 0.1) is 23.3 Å². The van der Waals surface area contributed by atoms with Gasteiger partial charge in [-0.25, -0.2) is 0 Å². The second kappa shape index (κ2) is 9.51. The smallest absolute Gasteiger partial charge is 0.241 e. The van der Waals surface area contributed by atoms with Gasteiger partial charge in [-0.15, -0.1) is 11.3 Å². The quantitative estimate of drug-likeness (QED) is 0.551. The lowest BCUT2D eigenvalue weighted by atomic mass is 9.98. The lowest BCUT2D eigenvalue weighted by Crippen LogP contribution is -2.40. The molecule has 0 saturated heterocycles. The summed E-state index contributed by atoms with van der Waals surface area (Å²) >= 11 is 1.66. The molecule has 0 spiro atoms. The van der Waals surface area contributed by atoms with Crippen LogP contribution in [0.4, 0.5) is 5.69 Å². The van der Waals surface area contributed by atoms with Crippen molar-refractivity contribution in [3.63, 3.8) is 0 Å². The van der Waals surface area contributed by atoms with E-state index in [1.54, 1.807) is 35.6 Å². The SMILES string of the molecule is CC(C)c1ccc([C@@H](N[C@H](C)C(=O)Nc2ccccc2C#N)c2cccs2)cc1. The van der Waals surface area contributed by atoms with Crippen LogP contribution in [0.25, 0.3) is 0 Å². The van der Waals surface area contributed by atoms with E-state index in [4.69, 9.17) is 0 Å². The van der Waals surface area contributed by atoms with E-state index < -0.39 is 6.04 Å². The Labute approximate surface area is 176 Å². The predicted octanol–water partition coefficient (Wildman–Crippen LogP) is 5.45. The van der Waals surface area contributed by atoms with Crippen molar-refractivity contribution in [2.75, 3.05) is 5.32 Å². The van der Waals surface area contributed by atoms with Crippen molar-refractivity contribution in [3.8, 4) is 6.07 Å². The van der Waals surface area contributed by atoms with E-state index in [2.05, 4.69) is 60.9 Å². The lowest BCUT2D eigenvalue weighted by Gasteiger charge is -2.23. The molecular weight excluding hydrogens is 378 g/mol. The van der Waals surface area contributed by atoms with Crippen LogP contribution in [0.3, 0.4) is 0 Å². The van der Waals surface area contributed by atoms with Gasteiger partial charge in [-0.1, -0.05) is 56.3 Å². The van der Waals surface area contributed by atoms with Crippen LogP contribution >= 0.6 is 11.3 Å². The number of nitrogens with one attached hydrogen (secondary N) is 2. The fourth-order valence-corrected chi connectivity index (χ4v) is 3.94. The van der Waals surface area contributed by atoms with E-state index in [-0.39, 0.29) is 11.9 Å². The zero-order chi connectivity index (χ0) is 20.8. The number of nitrogens with zero attached hydrogens (tertiary/aromatic N) is 1. The summed E-state index contributed by atoms with van der Waals surface area (Å²) in [6.45, 7) is 6.19. The third kappa shape index (κ3) is 5.11. The molecule has 0 radical (unpaired) electrons. The Kier molecular flexibility index (Phi) is 6.82. The maximum atomic E-state index is 12.8. The molecule has 0 aliphatic heterocycles. The molecule has 2 N–H and O–H groups in total. The molecule has 2 aromatic carbocycles. The predicted molar refractivity (Wildman–Crippen MR) is 119 cm³/mol. The van der Waals surface area contributed by atoms with Crippen LogP contribution in [0.2, 0.25) is 0 Å². The first kappa shape index (κ1) is 20.8. The summed E-state index contributed by atoms with van der Waals surface area (Å²) in [7, 11) is 0. The number of benzene rings is 2. The zero-order valence-electron chi connectivity index (χ0n) is 16.8. The molecule has 29 heavy (non-hydrogen) atoms. The third-order valence-corrected chi connectivity index (χ3v) is 5.82. The number of carbonyl (C=O) groups is 1. The number of rotatable bonds is 7. The Morgan fingerprint density at radius 2 is 1.66 bits per heavy atom. The average molecular weight is 404 g/mol. The Morgan fingerprint density at radius 3 is 2.28 bits per heavy atom. The van der Waals surface area contributed by atoms with Gasteiger partial charge in [-0.05, 0) is 47.5 Å². The Morgan fingerprint density at radius 1 is 0.966 bits per heavy atom. The van der Waals surface area contributed by atoms with Crippen molar-refractivity contribution < 1.29 is 4.79 Å². The highest BCUT2D eigenvalue weighted by Gasteiger charge is 2.22. The van der Waals surface area contributed by atoms with Crippen molar-refractivity contribution in [1.29, 1.82) is 5.26 Å². The van der Waals surface area contributed by atoms with Crippen LogP contribution in [0, 0.1) is 11.3 Å². The molecule has 4 nitrogen and oxygen atoms in total. The van der Waals surface area contributed by atoms with Gasteiger partial charge in [0.2, 0.25) is 5.91 Å². The van der Waals surface area contributed by atoms with Gasteiger partial charge in [0.1, 0.15) is 6.07 Å². The van der Waals surface area contributed by atoms with Crippen LogP contribution in [-0.2, 0) is 4.79 Å². The molecule has 3 aromatic rings. The minimum atomic E-state index is -0.446. The van der Waals surface area contributed by atoms with E-state index in [1.807, 2.05) is 18.4 Å². The molecule has 3 rings (SSSR count). The molecule has 1 aromatic heterocycles. The van der Waals surface area contributed by atoms with Crippen LogP contribution < -0.4 is 10.6 Å². The van der Waals surface area contributed by atoms with Gasteiger partial charge in [-0.2, -0.15) is 5.26 Å². The summed E-state index contributed by atoms with van der Waals surface area (Å²) in [6.07, 6.45) is 0. The molecular formula is C24H25N3OS. The standard InChI is InChI=1S/C24H25N3OS/c1-16(2)18-10-12-19(13-11-18)23(22-9-6-14-29-22)26-17(3)24(28)27-21-8-5-4-7-20(21)15-25/h4-14,16-17,23,26H,1-3H3,(H,27,28)/t17-,23-/m1/s1. The van der Waals surface area contributed by atoms with Crippen molar-refractivity contribution in [2.24, 2.45) is 0 Å². The molecule has 0 saturated carbocycles. The minimum Gasteiger partial charge on any atom is -0.324 e. The maximum Gasteiger partial charge on any atom is 0.241 e. The van der Waals surface area contributed by atoms with Crippen LogP contribution in [0.5, 0.6) is 0 Å². The summed E-state index contributed by atoms with van der Waals surface area (Å²) in [4.78, 5) is 13.9. The first-order chi connectivity index (χ1) is 14.0. The van der Waals surface area contributed by atoms with E-state index in [0.29, 0.717) is 17.2 Å². The molecule has 0 fully saturated rings. The van der Waals surface area contributed by atoms with Gasteiger partial charge in [0.15, 0.2) is 0 Å². The van der Waals surface area contributed by atoms with E-state index in [9.17, 15) is 10.1 Å². The topological polar surface area (TPSA) is 64.9 Å². The fourth-order valence-electron chi connectivity index (χ4n) is 3.13. The first-order valence-corrected chi connectivity index (χ1v) is 10.6. The van der Waals surface area contributed by atoms with Gasteiger partial charge in [0.25, 0.3) is 0 Å². The molecule has 148 valence electrons. The van der Waals surface area contributed by atoms with E-state index in [1.165, 1.54) is 5.56 Å². The van der Waals surface area contributed by atoms with Gasteiger partial charge < -0.3 is 5.32 Å². The summed E-state index contributed by atoms with van der Waals surface area (Å²) in [5.41, 5.74) is 3.39. The Balaban J connectivity index is 1.79. The molecule has 0 aliphatic carbocycles. The number of nitriles is 1. The molecule has 0 bridgehead atoms. The highest BCUT2D eigenvalue weighted by molar-refractivity contribution is 7.10. The molecule has 2 atom stereocenters. The Hall–Kier alpha value is -2.94. The summed E-state index contributed by atoms with van der Waals surface area (Å²) < 4.78 is 0. The molecule has 1 heterocycles. The van der Waals surface area contributed by atoms with E-state index in [0.717, 1.165) is 10.4 Å². The fraction of sp³-hybridized carbons (Fsp3) is 0.250. The maximum absolute atomic E-state index is 12.8. The Bertz CT molecular complexity index is 988. The number of hydrogen-bond acceptors (Lipinski definition) is 4. The lowest BCUT2D eigenvalue weighted by molar-refractivity contribution is -0.117. The molecule has 0 unspecified atom stereocenters. The average Bonchev–Trinajstić information content (AvgIpc) is 3.26. The summed E-state index contributed by atoms with van der Waals surface area (Å²) in [5.74, 6) is 0.301. The van der Waals surface area contributed by atoms with Crippen molar-refractivity contribution in [2.45, 2.75) is 38.8 Å². The van der Waals surface area contributed by atoms with Gasteiger partial charge in [-0.3, -0.25) is 10.1 Å². The molecule has 0 aliphatic rings.